The molecular weight excluding hydrogens is 436 g/mol. The summed E-state index contributed by atoms with van der Waals surface area (Å²) in [5.74, 6) is -2.14. The number of carbonyl (C=O) groups is 2. The summed E-state index contributed by atoms with van der Waals surface area (Å²) in [4.78, 5) is 28.5. The first-order valence-electron chi connectivity index (χ1n) is 9.30. The number of aromatic nitrogens is 4. The minimum absolute atomic E-state index is 0. The predicted octanol–water partition coefficient (Wildman–Crippen LogP) is 2.40. The summed E-state index contributed by atoms with van der Waals surface area (Å²) in [5.41, 5.74) is 1.57. The zero-order chi connectivity index (χ0) is 23.1. The Morgan fingerprint density at radius 1 is 0.938 bits per heavy atom. The molecule has 0 atom stereocenters. The largest absolute Gasteiger partial charge is 1.00 e. The van der Waals surface area contributed by atoms with Crippen molar-refractivity contribution in [3.63, 3.8) is 0 Å². The molecule has 2 N–H and O–H groups in total. The van der Waals surface area contributed by atoms with E-state index in [9.17, 15) is 19.8 Å². The number of hydrogen-bond donors (Lipinski definition) is 2. The summed E-state index contributed by atoms with van der Waals surface area (Å²) >= 11 is 6.14. The van der Waals surface area contributed by atoms with Crippen LogP contribution in [0, 0.1) is 0 Å². The van der Waals surface area contributed by atoms with Crippen molar-refractivity contribution in [2.24, 2.45) is 0 Å². The highest BCUT2D eigenvalue weighted by Crippen LogP contribution is 2.28. The quantitative estimate of drug-likeness (QED) is 0.457. The van der Waals surface area contributed by atoms with E-state index in [0.29, 0.717) is 18.1 Å². The zero-order valence-electron chi connectivity index (χ0n) is 17.6. The molecule has 0 unspecified atom stereocenters. The van der Waals surface area contributed by atoms with Crippen molar-refractivity contribution in [2.75, 3.05) is 0 Å². The van der Waals surface area contributed by atoms with Crippen molar-refractivity contribution in [2.45, 2.75) is 13.1 Å². The molecule has 0 fully saturated rings. The van der Waals surface area contributed by atoms with E-state index < -0.39 is 11.9 Å². The molecule has 164 valence electrons. The number of carboxylic acids is 2. The molecule has 0 saturated carbocycles. The Morgan fingerprint density at radius 3 is 1.78 bits per heavy atom. The van der Waals surface area contributed by atoms with Crippen LogP contribution in [0.5, 0.6) is 5.75 Å². The van der Waals surface area contributed by atoms with Crippen LogP contribution < -0.4 is 5.11 Å². The third kappa shape index (κ3) is 5.96. The molecular formula is C22H19ClN4O5. The summed E-state index contributed by atoms with van der Waals surface area (Å²) in [6.07, 6.45) is 10.5. The maximum absolute atomic E-state index is 10.4. The van der Waals surface area contributed by atoms with Gasteiger partial charge in [-0.1, -0.05) is 23.7 Å². The van der Waals surface area contributed by atoms with E-state index in [2.05, 4.69) is 9.97 Å². The molecule has 0 amide bonds. The van der Waals surface area contributed by atoms with Crippen LogP contribution in [0.15, 0.2) is 73.8 Å². The Bertz CT molecular complexity index is 1110. The number of hydrogen-bond acceptors (Lipinski definition) is 6. The van der Waals surface area contributed by atoms with E-state index in [1.54, 1.807) is 37.2 Å². The second kappa shape index (κ2) is 10.3. The van der Waals surface area contributed by atoms with Crippen LogP contribution in [0.1, 0.15) is 33.3 Å². The van der Waals surface area contributed by atoms with Gasteiger partial charge in [-0.3, -0.25) is 0 Å². The van der Waals surface area contributed by atoms with Crippen molar-refractivity contribution < 1.29 is 26.3 Å². The van der Waals surface area contributed by atoms with E-state index in [0.717, 1.165) is 11.1 Å². The van der Waals surface area contributed by atoms with E-state index in [-0.39, 0.29) is 18.3 Å². The second-order valence-corrected chi connectivity index (χ2v) is 7.15. The second-order valence-electron chi connectivity index (χ2n) is 6.71. The molecule has 0 aliphatic carbocycles. The maximum Gasteiger partial charge on any atom is 1.00 e. The van der Waals surface area contributed by atoms with Gasteiger partial charge in [0.05, 0.1) is 37.3 Å². The van der Waals surface area contributed by atoms with Gasteiger partial charge in [0.15, 0.2) is 0 Å². The predicted molar refractivity (Wildman–Crippen MR) is 115 cm³/mol. The number of imidazole rings is 2. The lowest BCUT2D eigenvalue weighted by Gasteiger charge is -2.12. The van der Waals surface area contributed by atoms with Crippen LogP contribution >= 0.6 is 11.6 Å². The lowest BCUT2D eigenvalue weighted by Crippen LogP contribution is -2.22. The summed E-state index contributed by atoms with van der Waals surface area (Å²) in [5, 5.41) is 29.7. The Morgan fingerprint density at radius 2 is 1.41 bits per heavy atom. The smallest absolute Gasteiger partial charge is 0.545 e. The molecule has 2 heterocycles. The van der Waals surface area contributed by atoms with Crippen molar-refractivity contribution in [3.8, 4) is 5.75 Å². The number of phenolic OH excluding ortho intramolecular Hbond substituents is 1. The molecule has 2 aromatic carbocycles. The van der Waals surface area contributed by atoms with Crippen molar-refractivity contribution in [1.82, 2.24) is 19.1 Å². The molecule has 4 rings (SSSR count). The lowest BCUT2D eigenvalue weighted by atomic mass is 10.1. The highest BCUT2D eigenvalue weighted by Gasteiger charge is 2.10. The monoisotopic (exact) mass is 454 g/mol. The molecule has 0 saturated heterocycles. The Hall–Kier alpha value is -4.11. The van der Waals surface area contributed by atoms with Gasteiger partial charge < -0.3 is 29.2 Å². The Balaban J connectivity index is 0.000000257. The molecule has 0 aliphatic rings. The zero-order valence-corrected chi connectivity index (χ0v) is 17.4. The molecule has 0 radical (unpaired) electrons. The van der Waals surface area contributed by atoms with Gasteiger partial charge >= 0.3 is 7.40 Å². The molecule has 0 spiro atoms. The van der Waals surface area contributed by atoms with Gasteiger partial charge in [0.1, 0.15) is 5.75 Å². The average Bonchev–Trinajstić information content (AvgIpc) is 3.46. The van der Waals surface area contributed by atoms with Gasteiger partial charge in [0, 0.05) is 40.9 Å². The minimum Gasteiger partial charge on any atom is -0.545 e. The van der Waals surface area contributed by atoms with Gasteiger partial charge in [-0.25, -0.2) is 14.8 Å². The van der Waals surface area contributed by atoms with Crippen LogP contribution in [-0.2, 0) is 13.1 Å². The van der Waals surface area contributed by atoms with Crippen LogP contribution in [-0.4, -0.2) is 41.3 Å². The third-order valence-corrected chi connectivity index (χ3v) is 4.64. The first kappa shape index (κ1) is 22.6. The fourth-order valence-electron chi connectivity index (χ4n) is 2.86. The minimum atomic E-state index is -1.31. The van der Waals surface area contributed by atoms with E-state index >= 15 is 0 Å². The molecule has 9 nitrogen and oxygen atoms in total. The summed E-state index contributed by atoms with van der Waals surface area (Å²) in [7, 11) is 0. The number of carbonyl (C=O) groups excluding carboxylic acids is 1. The number of carboxylic acid groups (broad SMARTS) is 2. The number of phenols is 1. The van der Waals surface area contributed by atoms with Crippen molar-refractivity contribution >= 4 is 23.5 Å². The van der Waals surface area contributed by atoms with Crippen molar-refractivity contribution in [3.05, 3.63) is 101 Å². The molecule has 0 bridgehead atoms. The maximum atomic E-state index is 10.4. The van der Waals surface area contributed by atoms with E-state index in [1.807, 2.05) is 21.5 Å². The number of aromatic hydroxyl groups is 1. The van der Waals surface area contributed by atoms with E-state index in [1.165, 1.54) is 24.3 Å². The standard InChI is InChI=1S/C14H13ClN4O.C8H6O4/c15-13-5-11(7-18-3-1-16-9-18)14(20)12(6-13)8-19-4-2-17-10-19;9-7(10)5-1-2-6(4-3-5)8(11)12/h1-6,9-10,20H,7-8H2;1-4H,(H,9,10)(H,11,12). The van der Waals surface area contributed by atoms with Gasteiger partial charge in [-0.2, -0.15) is 0 Å². The summed E-state index contributed by atoms with van der Waals surface area (Å²) < 4.78 is 3.76. The van der Waals surface area contributed by atoms with Crippen LogP contribution in [0.25, 0.3) is 0 Å². The van der Waals surface area contributed by atoms with Crippen molar-refractivity contribution in [1.29, 1.82) is 0 Å². The SMILES string of the molecule is O=C([O-])c1ccc(C(=O)O)cc1.Oc1c(Cn2ccnc2)cc(Cl)cc1Cn1ccnc1.[H+]. The Labute approximate surface area is 189 Å². The first-order valence-corrected chi connectivity index (χ1v) is 9.67. The number of halogens is 1. The van der Waals surface area contributed by atoms with Crippen LogP contribution in [0.4, 0.5) is 0 Å². The van der Waals surface area contributed by atoms with Gasteiger partial charge in [-0.05, 0) is 29.8 Å². The van der Waals surface area contributed by atoms with Gasteiger partial charge in [-0.15, -0.1) is 0 Å². The number of rotatable bonds is 6. The molecule has 0 aliphatic heterocycles. The molecule has 32 heavy (non-hydrogen) atoms. The fraction of sp³-hybridized carbons (Fsp3) is 0.0909. The van der Waals surface area contributed by atoms with Crippen LogP contribution in [0.3, 0.4) is 0 Å². The van der Waals surface area contributed by atoms with Gasteiger partial charge in [0.2, 0.25) is 0 Å². The average molecular weight is 455 g/mol. The molecule has 10 heteroatoms. The highest BCUT2D eigenvalue weighted by atomic mass is 35.5. The number of nitrogens with zero attached hydrogens (tertiary/aromatic N) is 4. The third-order valence-electron chi connectivity index (χ3n) is 4.42. The topological polar surface area (TPSA) is 133 Å². The first-order chi connectivity index (χ1) is 15.3. The molecule has 2 aromatic heterocycles. The lowest BCUT2D eigenvalue weighted by molar-refractivity contribution is -0.255. The molecule has 4 aromatic rings. The summed E-state index contributed by atoms with van der Waals surface area (Å²) in [6.45, 7) is 1.06. The van der Waals surface area contributed by atoms with E-state index in [4.69, 9.17) is 16.7 Å². The number of benzene rings is 2. The number of aromatic carboxylic acids is 2. The van der Waals surface area contributed by atoms with Gasteiger partial charge in [0.25, 0.3) is 0 Å². The normalized spacial score (nSPS) is 10.3. The summed E-state index contributed by atoms with van der Waals surface area (Å²) in [6, 6.07) is 8.36. The Kier molecular flexibility index (Phi) is 7.25. The van der Waals surface area contributed by atoms with Crippen LogP contribution in [0.2, 0.25) is 5.02 Å². The fourth-order valence-corrected chi connectivity index (χ4v) is 3.12. The highest BCUT2D eigenvalue weighted by molar-refractivity contribution is 6.30.